The third-order valence-electron chi connectivity index (χ3n) is 6.25. The predicted octanol–water partition coefficient (Wildman–Crippen LogP) is 4.29. The summed E-state index contributed by atoms with van der Waals surface area (Å²) in [5.74, 6) is 0.848. The minimum Gasteiger partial charge on any atom is -0.481 e. The number of rotatable bonds is 7. The van der Waals surface area contributed by atoms with Gasteiger partial charge in [-0.25, -0.2) is 0 Å². The van der Waals surface area contributed by atoms with Gasteiger partial charge in [0.15, 0.2) is 6.10 Å². The molecule has 1 aliphatic heterocycles. The van der Waals surface area contributed by atoms with E-state index in [0.29, 0.717) is 12.6 Å². The molecule has 2 atom stereocenters. The molecule has 2 aromatic rings. The average Bonchev–Trinajstić information content (AvgIpc) is 3.06. The van der Waals surface area contributed by atoms with E-state index in [9.17, 15) is 4.79 Å². The number of carbonyl (C=O) groups excluding carboxylic acids is 1. The Hall–Kier alpha value is -2.49. The van der Waals surface area contributed by atoms with Crippen molar-refractivity contribution in [2.45, 2.75) is 64.5 Å². The van der Waals surface area contributed by atoms with Gasteiger partial charge in [0.2, 0.25) is 0 Å². The van der Waals surface area contributed by atoms with E-state index < -0.39 is 6.10 Å². The van der Waals surface area contributed by atoms with E-state index in [0.717, 1.165) is 38.0 Å². The van der Waals surface area contributed by atoms with Gasteiger partial charge in [-0.15, -0.1) is 0 Å². The average molecular weight is 393 g/mol. The Morgan fingerprint density at radius 1 is 1.14 bits per heavy atom. The third-order valence-corrected chi connectivity index (χ3v) is 6.25. The summed E-state index contributed by atoms with van der Waals surface area (Å²) in [6.45, 7) is 5.75. The second kappa shape index (κ2) is 8.89. The molecule has 0 saturated carbocycles. The highest BCUT2D eigenvalue weighted by Gasteiger charge is 2.25. The highest BCUT2D eigenvalue weighted by Crippen LogP contribution is 2.32. The van der Waals surface area contributed by atoms with Gasteiger partial charge in [0.1, 0.15) is 5.75 Å². The van der Waals surface area contributed by atoms with Crippen LogP contribution < -0.4 is 15.0 Å². The van der Waals surface area contributed by atoms with Crippen molar-refractivity contribution in [1.82, 2.24) is 5.32 Å². The third kappa shape index (κ3) is 4.42. The van der Waals surface area contributed by atoms with Crippen molar-refractivity contribution in [3.05, 3.63) is 59.2 Å². The van der Waals surface area contributed by atoms with Crippen molar-refractivity contribution in [2.75, 3.05) is 18.0 Å². The fourth-order valence-corrected chi connectivity index (χ4v) is 4.68. The van der Waals surface area contributed by atoms with Crippen molar-refractivity contribution in [1.29, 1.82) is 0 Å². The van der Waals surface area contributed by atoms with E-state index in [1.54, 1.807) is 0 Å². The molecule has 1 amide bonds. The zero-order valence-electron chi connectivity index (χ0n) is 17.6. The first-order chi connectivity index (χ1) is 14.1. The molecule has 1 aliphatic carbocycles. The molecule has 29 heavy (non-hydrogen) atoms. The van der Waals surface area contributed by atoms with Crippen molar-refractivity contribution >= 4 is 11.6 Å². The summed E-state index contributed by atoms with van der Waals surface area (Å²) in [6, 6.07) is 15.4. The summed E-state index contributed by atoms with van der Waals surface area (Å²) in [5, 5.41) is 3.05. The zero-order valence-corrected chi connectivity index (χ0v) is 17.6. The molecule has 154 valence electrons. The maximum atomic E-state index is 12.5. The molecule has 0 radical (unpaired) electrons. The molecule has 1 heterocycles. The number of aryl methyl sites for hydroxylation is 1. The molecule has 0 bridgehead atoms. The molecule has 0 aromatic heterocycles. The summed E-state index contributed by atoms with van der Waals surface area (Å²) in [4.78, 5) is 15.0. The number of fused-ring (bicyclic) bond motifs is 2. The maximum Gasteiger partial charge on any atom is 0.260 e. The standard InChI is InChI=1S/C25H32N2O2/c1-18-17-21-10-4-6-13-23(21)27(18)16-8-15-26-25(28)19(2)29-24-14-7-11-20-9-3-5-12-22(20)24/h4,6-7,10-11,13-14,18-19H,3,5,8-9,12,15-17H2,1-2H3,(H,26,28)/t18-,19-/m0/s1. The van der Waals surface area contributed by atoms with E-state index in [1.807, 2.05) is 19.1 Å². The fourth-order valence-electron chi connectivity index (χ4n) is 4.68. The van der Waals surface area contributed by atoms with Crippen LogP contribution in [0.2, 0.25) is 0 Å². The number of hydrogen-bond acceptors (Lipinski definition) is 3. The molecule has 4 rings (SSSR count). The first-order valence-electron chi connectivity index (χ1n) is 11.0. The van der Waals surface area contributed by atoms with Crippen molar-refractivity contribution in [2.24, 2.45) is 0 Å². The van der Waals surface area contributed by atoms with E-state index >= 15 is 0 Å². The molecule has 0 spiro atoms. The van der Waals surface area contributed by atoms with Gasteiger partial charge in [0.25, 0.3) is 5.91 Å². The fraction of sp³-hybridized carbons (Fsp3) is 0.480. The minimum absolute atomic E-state index is 0.0340. The maximum absolute atomic E-state index is 12.5. The van der Waals surface area contributed by atoms with Crippen molar-refractivity contribution < 1.29 is 9.53 Å². The number of amides is 1. The SMILES string of the molecule is C[C@H](Oc1cccc2c1CCCC2)C(=O)NCCCN1c2ccccc2C[C@@H]1C. The monoisotopic (exact) mass is 392 g/mol. The van der Waals surface area contributed by atoms with Crippen LogP contribution in [0.3, 0.4) is 0 Å². The minimum atomic E-state index is -0.477. The quantitative estimate of drug-likeness (QED) is 0.715. The van der Waals surface area contributed by atoms with Gasteiger partial charge in [-0.05, 0) is 81.2 Å². The lowest BCUT2D eigenvalue weighted by atomic mass is 9.91. The summed E-state index contributed by atoms with van der Waals surface area (Å²) in [7, 11) is 0. The van der Waals surface area contributed by atoms with E-state index in [2.05, 4.69) is 47.5 Å². The topological polar surface area (TPSA) is 41.6 Å². The molecule has 0 saturated heterocycles. The normalized spacial score (nSPS) is 18.7. The van der Waals surface area contributed by atoms with Crippen LogP contribution in [0.1, 0.15) is 49.8 Å². The number of anilines is 1. The van der Waals surface area contributed by atoms with E-state index in [4.69, 9.17) is 4.74 Å². The molecule has 0 unspecified atom stereocenters. The molecule has 4 heteroatoms. The van der Waals surface area contributed by atoms with Gasteiger partial charge in [-0.2, -0.15) is 0 Å². The molecule has 1 N–H and O–H groups in total. The molecular formula is C25H32N2O2. The molecule has 2 aromatic carbocycles. The van der Waals surface area contributed by atoms with Crippen LogP contribution in [0.4, 0.5) is 5.69 Å². The number of carbonyl (C=O) groups is 1. The van der Waals surface area contributed by atoms with Crippen LogP contribution in [0.25, 0.3) is 0 Å². The highest BCUT2D eigenvalue weighted by molar-refractivity contribution is 5.80. The number of nitrogens with zero attached hydrogens (tertiary/aromatic N) is 1. The largest absolute Gasteiger partial charge is 0.481 e. The second-order valence-electron chi connectivity index (χ2n) is 8.38. The Kier molecular flexibility index (Phi) is 6.08. The number of nitrogens with one attached hydrogen (secondary N) is 1. The van der Waals surface area contributed by atoms with Gasteiger partial charge < -0.3 is 15.0 Å². The summed E-state index contributed by atoms with van der Waals surface area (Å²) < 4.78 is 6.05. The Bertz CT molecular complexity index is 864. The Balaban J connectivity index is 1.25. The molecular weight excluding hydrogens is 360 g/mol. The van der Waals surface area contributed by atoms with Crippen LogP contribution in [0, 0.1) is 0 Å². The van der Waals surface area contributed by atoms with Gasteiger partial charge in [0, 0.05) is 24.8 Å². The van der Waals surface area contributed by atoms with Crippen molar-refractivity contribution in [3.8, 4) is 5.75 Å². The number of ether oxygens (including phenoxy) is 1. The summed E-state index contributed by atoms with van der Waals surface area (Å²) in [6.07, 6.45) is 6.17. The smallest absolute Gasteiger partial charge is 0.260 e. The lowest BCUT2D eigenvalue weighted by Gasteiger charge is -2.25. The molecule has 2 aliphatic rings. The highest BCUT2D eigenvalue weighted by atomic mass is 16.5. The summed E-state index contributed by atoms with van der Waals surface area (Å²) in [5.41, 5.74) is 5.44. The van der Waals surface area contributed by atoms with E-state index in [1.165, 1.54) is 35.2 Å². The number of benzene rings is 2. The predicted molar refractivity (Wildman–Crippen MR) is 118 cm³/mol. The zero-order chi connectivity index (χ0) is 20.2. The first-order valence-corrected chi connectivity index (χ1v) is 11.0. The van der Waals surface area contributed by atoms with Crippen LogP contribution >= 0.6 is 0 Å². The molecule has 4 nitrogen and oxygen atoms in total. The lowest BCUT2D eigenvalue weighted by Crippen LogP contribution is -2.38. The van der Waals surface area contributed by atoms with Crippen molar-refractivity contribution in [3.63, 3.8) is 0 Å². The van der Waals surface area contributed by atoms with Gasteiger partial charge >= 0.3 is 0 Å². The number of hydrogen-bond donors (Lipinski definition) is 1. The Morgan fingerprint density at radius 3 is 2.83 bits per heavy atom. The lowest BCUT2D eigenvalue weighted by molar-refractivity contribution is -0.127. The Labute approximate surface area is 174 Å². The first kappa shape index (κ1) is 19.8. The Morgan fingerprint density at radius 2 is 1.93 bits per heavy atom. The van der Waals surface area contributed by atoms with Crippen LogP contribution in [0.5, 0.6) is 5.75 Å². The van der Waals surface area contributed by atoms with Gasteiger partial charge in [-0.3, -0.25) is 4.79 Å². The second-order valence-corrected chi connectivity index (χ2v) is 8.38. The van der Waals surface area contributed by atoms with Crippen LogP contribution in [-0.2, 0) is 24.1 Å². The van der Waals surface area contributed by atoms with Gasteiger partial charge in [-0.1, -0.05) is 30.3 Å². The number of para-hydroxylation sites is 1. The summed E-state index contributed by atoms with van der Waals surface area (Å²) >= 11 is 0. The van der Waals surface area contributed by atoms with E-state index in [-0.39, 0.29) is 5.91 Å². The van der Waals surface area contributed by atoms with Crippen LogP contribution in [-0.4, -0.2) is 31.1 Å². The van der Waals surface area contributed by atoms with Gasteiger partial charge in [0.05, 0.1) is 0 Å². The van der Waals surface area contributed by atoms with Crippen LogP contribution in [0.15, 0.2) is 42.5 Å². The molecule has 0 fully saturated rings.